The van der Waals surface area contributed by atoms with Crippen LogP contribution in [0, 0.1) is 0 Å². The Kier molecular flexibility index (Phi) is 6.27. The quantitative estimate of drug-likeness (QED) is 0.653. The molecule has 2 amide bonds. The third kappa shape index (κ3) is 4.71. The first-order valence-electron chi connectivity index (χ1n) is 6.97. The summed E-state index contributed by atoms with van der Waals surface area (Å²) in [6.45, 7) is 2.37. The SMILES string of the molecule is CCN(C(=O)NC(CCC(=O)O)C(=O)O)C1CCCC1. The van der Waals surface area contributed by atoms with Gasteiger partial charge in [-0.05, 0) is 26.2 Å². The first-order chi connectivity index (χ1) is 9.45. The molecule has 0 aromatic rings. The summed E-state index contributed by atoms with van der Waals surface area (Å²) >= 11 is 0. The number of hydrogen-bond acceptors (Lipinski definition) is 3. The van der Waals surface area contributed by atoms with Gasteiger partial charge < -0.3 is 20.4 Å². The van der Waals surface area contributed by atoms with Crippen molar-refractivity contribution in [2.75, 3.05) is 6.54 Å². The predicted octanol–water partition coefficient (Wildman–Crippen LogP) is 1.28. The summed E-state index contributed by atoms with van der Waals surface area (Å²) in [4.78, 5) is 35.3. The first-order valence-corrected chi connectivity index (χ1v) is 6.97. The summed E-state index contributed by atoms with van der Waals surface area (Å²) < 4.78 is 0. The molecule has 1 aliphatic carbocycles. The highest BCUT2D eigenvalue weighted by atomic mass is 16.4. The molecule has 0 spiro atoms. The Morgan fingerprint density at radius 3 is 2.30 bits per heavy atom. The van der Waals surface area contributed by atoms with Crippen LogP contribution in [0.25, 0.3) is 0 Å². The van der Waals surface area contributed by atoms with Crippen LogP contribution in [0.15, 0.2) is 0 Å². The lowest BCUT2D eigenvalue weighted by molar-refractivity contribution is -0.140. The number of nitrogens with one attached hydrogen (secondary N) is 1. The van der Waals surface area contributed by atoms with Crippen LogP contribution in [0.2, 0.25) is 0 Å². The second-order valence-corrected chi connectivity index (χ2v) is 5.00. The highest BCUT2D eigenvalue weighted by Gasteiger charge is 2.28. The standard InChI is InChI=1S/C13H22N2O5/c1-2-15(9-5-3-4-6-9)13(20)14-10(12(18)19)7-8-11(16)17/h9-10H,2-8H2,1H3,(H,14,20)(H,16,17)(H,18,19). The minimum absolute atomic E-state index is 0.112. The Bertz CT molecular complexity index is 366. The fourth-order valence-electron chi connectivity index (χ4n) is 2.54. The molecule has 0 aromatic carbocycles. The maximum Gasteiger partial charge on any atom is 0.326 e. The number of aliphatic carboxylic acids is 2. The Hall–Kier alpha value is -1.79. The monoisotopic (exact) mass is 286 g/mol. The second-order valence-electron chi connectivity index (χ2n) is 5.00. The summed E-state index contributed by atoms with van der Waals surface area (Å²) in [5, 5.41) is 20.0. The molecule has 114 valence electrons. The average molecular weight is 286 g/mol. The van der Waals surface area contributed by atoms with Crippen molar-refractivity contribution in [1.82, 2.24) is 10.2 Å². The molecule has 0 aliphatic heterocycles. The van der Waals surface area contributed by atoms with E-state index in [2.05, 4.69) is 5.32 Å². The molecule has 7 nitrogen and oxygen atoms in total. The highest BCUT2D eigenvalue weighted by Crippen LogP contribution is 2.23. The molecule has 20 heavy (non-hydrogen) atoms. The molecule has 7 heteroatoms. The van der Waals surface area contributed by atoms with Gasteiger partial charge in [0.15, 0.2) is 0 Å². The first kappa shape index (κ1) is 16.3. The van der Waals surface area contributed by atoms with Crippen LogP contribution < -0.4 is 5.32 Å². The van der Waals surface area contributed by atoms with E-state index < -0.39 is 24.0 Å². The molecule has 0 radical (unpaired) electrons. The van der Waals surface area contributed by atoms with Gasteiger partial charge in [-0.3, -0.25) is 4.79 Å². The van der Waals surface area contributed by atoms with Crippen molar-refractivity contribution in [3.05, 3.63) is 0 Å². The molecule has 3 N–H and O–H groups in total. The predicted molar refractivity (Wildman–Crippen MR) is 71.5 cm³/mol. The Morgan fingerprint density at radius 2 is 1.85 bits per heavy atom. The molecule has 1 saturated carbocycles. The third-order valence-corrected chi connectivity index (χ3v) is 3.61. The summed E-state index contributed by atoms with van der Waals surface area (Å²) in [6.07, 6.45) is 3.64. The van der Waals surface area contributed by atoms with E-state index in [1.54, 1.807) is 4.90 Å². The van der Waals surface area contributed by atoms with E-state index in [1.165, 1.54) is 0 Å². The molecule has 0 aromatic heterocycles. The molecule has 1 unspecified atom stereocenters. The average Bonchev–Trinajstić information content (AvgIpc) is 2.88. The second kappa shape index (κ2) is 7.72. The van der Waals surface area contributed by atoms with Gasteiger partial charge in [0.1, 0.15) is 6.04 Å². The van der Waals surface area contributed by atoms with Crippen LogP contribution in [-0.4, -0.2) is 51.7 Å². The molecular formula is C13H22N2O5. The smallest absolute Gasteiger partial charge is 0.326 e. The van der Waals surface area contributed by atoms with Crippen molar-refractivity contribution in [2.24, 2.45) is 0 Å². The number of nitrogens with zero attached hydrogens (tertiary/aromatic N) is 1. The van der Waals surface area contributed by atoms with Gasteiger partial charge >= 0.3 is 18.0 Å². The van der Waals surface area contributed by atoms with E-state index in [9.17, 15) is 14.4 Å². The molecule has 1 rings (SSSR count). The van der Waals surface area contributed by atoms with E-state index >= 15 is 0 Å². The van der Waals surface area contributed by atoms with Gasteiger partial charge in [-0.2, -0.15) is 0 Å². The maximum atomic E-state index is 12.1. The largest absolute Gasteiger partial charge is 0.481 e. The number of hydrogen-bond donors (Lipinski definition) is 3. The van der Waals surface area contributed by atoms with Gasteiger partial charge in [0, 0.05) is 19.0 Å². The van der Waals surface area contributed by atoms with Crippen molar-refractivity contribution < 1.29 is 24.6 Å². The Balaban J connectivity index is 2.58. The normalized spacial score (nSPS) is 16.6. The summed E-state index contributed by atoms with van der Waals surface area (Å²) in [7, 11) is 0. The van der Waals surface area contributed by atoms with Gasteiger partial charge in [-0.15, -0.1) is 0 Å². The van der Waals surface area contributed by atoms with Crippen LogP contribution in [-0.2, 0) is 9.59 Å². The van der Waals surface area contributed by atoms with Crippen LogP contribution >= 0.6 is 0 Å². The third-order valence-electron chi connectivity index (χ3n) is 3.61. The lowest BCUT2D eigenvalue weighted by Crippen LogP contribution is -2.50. The number of rotatable bonds is 7. The molecule has 0 saturated heterocycles. The summed E-state index contributed by atoms with van der Waals surface area (Å²) in [5.41, 5.74) is 0. The molecule has 1 fully saturated rings. The topological polar surface area (TPSA) is 107 Å². The van der Waals surface area contributed by atoms with Gasteiger partial charge in [0.05, 0.1) is 0 Å². The van der Waals surface area contributed by atoms with Crippen molar-refractivity contribution in [3.63, 3.8) is 0 Å². The number of carboxylic acid groups (broad SMARTS) is 2. The van der Waals surface area contributed by atoms with Crippen molar-refractivity contribution in [1.29, 1.82) is 0 Å². The summed E-state index contributed by atoms with van der Waals surface area (Å²) in [6, 6.07) is -1.42. The van der Waals surface area contributed by atoms with Crippen LogP contribution in [0.4, 0.5) is 4.79 Å². The van der Waals surface area contributed by atoms with Crippen molar-refractivity contribution >= 4 is 18.0 Å². The van der Waals surface area contributed by atoms with Gasteiger partial charge in [0.2, 0.25) is 0 Å². The van der Waals surface area contributed by atoms with Crippen molar-refractivity contribution in [3.8, 4) is 0 Å². The summed E-state index contributed by atoms with van der Waals surface area (Å²) in [5.74, 6) is -2.28. The Labute approximate surface area is 117 Å². The zero-order chi connectivity index (χ0) is 15.1. The molecular weight excluding hydrogens is 264 g/mol. The minimum Gasteiger partial charge on any atom is -0.481 e. The number of urea groups is 1. The van der Waals surface area contributed by atoms with Gasteiger partial charge in [-0.1, -0.05) is 12.8 Å². The van der Waals surface area contributed by atoms with Crippen molar-refractivity contribution in [2.45, 2.75) is 57.5 Å². The zero-order valence-electron chi connectivity index (χ0n) is 11.7. The van der Waals surface area contributed by atoms with Gasteiger partial charge in [-0.25, -0.2) is 9.59 Å². The molecule has 0 bridgehead atoms. The van der Waals surface area contributed by atoms with E-state index in [1.807, 2.05) is 6.92 Å². The molecule has 1 aliphatic rings. The lowest BCUT2D eigenvalue weighted by Gasteiger charge is -2.29. The van der Waals surface area contributed by atoms with Crippen LogP contribution in [0.3, 0.4) is 0 Å². The van der Waals surface area contributed by atoms with Crippen LogP contribution in [0.1, 0.15) is 45.4 Å². The minimum atomic E-state index is -1.21. The highest BCUT2D eigenvalue weighted by molar-refractivity contribution is 5.83. The lowest BCUT2D eigenvalue weighted by atomic mass is 10.1. The molecule has 0 heterocycles. The maximum absolute atomic E-state index is 12.1. The fraction of sp³-hybridized carbons (Fsp3) is 0.769. The van der Waals surface area contributed by atoms with Gasteiger partial charge in [0.25, 0.3) is 0 Å². The number of carbonyl (C=O) groups is 3. The number of amides is 2. The van der Waals surface area contributed by atoms with Crippen LogP contribution in [0.5, 0.6) is 0 Å². The van der Waals surface area contributed by atoms with E-state index in [0.29, 0.717) is 6.54 Å². The van der Waals surface area contributed by atoms with E-state index in [-0.39, 0.29) is 18.9 Å². The Morgan fingerprint density at radius 1 is 1.25 bits per heavy atom. The zero-order valence-corrected chi connectivity index (χ0v) is 11.7. The number of carboxylic acids is 2. The van der Waals surface area contributed by atoms with E-state index in [0.717, 1.165) is 25.7 Å². The fourth-order valence-corrected chi connectivity index (χ4v) is 2.54. The molecule has 1 atom stereocenters. The van der Waals surface area contributed by atoms with E-state index in [4.69, 9.17) is 10.2 Å². The number of carbonyl (C=O) groups excluding carboxylic acids is 1.